The fraction of sp³-hybridized carbons (Fsp3) is 0.556. The number of ether oxygens (including phenoxy) is 1. The zero-order valence-corrected chi connectivity index (χ0v) is 15.4. The van der Waals surface area contributed by atoms with Crippen LogP contribution in [0.25, 0.3) is 0 Å². The Balaban J connectivity index is 0.00000182. The summed E-state index contributed by atoms with van der Waals surface area (Å²) in [5.41, 5.74) is 2.14. The minimum Gasteiger partial charge on any atom is -0.481 e. The number of nitrogens with one attached hydrogen (secondary N) is 1. The smallest absolute Gasteiger partial charge is 0.264 e. The number of aryl methyl sites for hydroxylation is 1. The summed E-state index contributed by atoms with van der Waals surface area (Å²) in [5.74, 6) is 0.888. The molecule has 1 unspecified atom stereocenters. The first-order valence-corrected chi connectivity index (χ1v) is 8.60. The predicted molar refractivity (Wildman–Crippen MR) is 97.8 cm³/mol. The van der Waals surface area contributed by atoms with E-state index in [1.807, 2.05) is 19.1 Å². The van der Waals surface area contributed by atoms with Gasteiger partial charge in [0.05, 0.1) is 11.3 Å². The van der Waals surface area contributed by atoms with Crippen LogP contribution in [0.5, 0.6) is 5.75 Å². The Morgan fingerprint density at radius 2 is 2.00 bits per heavy atom. The Morgan fingerprint density at radius 3 is 2.64 bits per heavy atom. The first-order chi connectivity index (χ1) is 11.5. The van der Waals surface area contributed by atoms with Gasteiger partial charge in [-0.25, -0.2) is 0 Å². The third kappa shape index (κ3) is 3.20. The van der Waals surface area contributed by atoms with Crippen LogP contribution in [0.3, 0.4) is 0 Å². The van der Waals surface area contributed by atoms with Crippen molar-refractivity contribution in [3.63, 3.8) is 0 Å². The van der Waals surface area contributed by atoms with E-state index < -0.39 is 0 Å². The van der Waals surface area contributed by atoms with Gasteiger partial charge in [0, 0.05) is 19.6 Å². The lowest BCUT2D eigenvalue weighted by molar-refractivity contribution is -0.121. The van der Waals surface area contributed by atoms with E-state index in [0.717, 1.165) is 38.0 Å². The molecule has 6 nitrogen and oxygen atoms in total. The molecule has 1 atom stereocenters. The zero-order chi connectivity index (χ0) is 16.8. The van der Waals surface area contributed by atoms with Gasteiger partial charge in [0.1, 0.15) is 0 Å². The standard InChI is InChI=1S/C18H23N3O3.ClH/c1-11-7-13(17-15(8-11)20(2)16(22)10-24-17)18(23)19-14-9-21-5-3-12(14)4-6-21;/h7-8,12,14H,3-6,9-10H2,1-2H3,(H,19,23);1H. The van der Waals surface area contributed by atoms with E-state index in [9.17, 15) is 9.59 Å². The van der Waals surface area contributed by atoms with E-state index in [0.29, 0.717) is 22.9 Å². The summed E-state index contributed by atoms with van der Waals surface area (Å²) in [4.78, 5) is 28.7. The van der Waals surface area contributed by atoms with Crippen molar-refractivity contribution in [1.82, 2.24) is 10.2 Å². The molecular weight excluding hydrogens is 342 g/mol. The molecule has 4 heterocycles. The Labute approximate surface area is 153 Å². The van der Waals surface area contributed by atoms with Crippen molar-refractivity contribution < 1.29 is 14.3 Å². The molecule has 136 valence electrons. The highest BCUT2D eigenvalue weighted by atomic mass is 35.5. The largest absolute Gasteiger partial charge is 0.481 e. The second-order valence-corrected chi connectivity index (χ2v) is 7.12. The van der Waals surface area contributed by atoms with E-state index in [-0.39, 0.29) is 36.9 Å². The number of nitrogens with zero attached hydrogens (tertiary/aromatic N) is 2. The van der Waals surface area contributed by atoms with Crippen molar-refractivity contribution in [2.45, 2.75) is 25.8 Å². The normalized spacial score (nSPS) is 27.2. The molecule has 3 fully saturated rings. The van der Waals surface area contributed by atoms with Crippen LogP contribution in [0.2, 0.25) is 0 Å². The maximum absolute atomic E-state index is 12.9. The van der Waals surface area contributed by atoms with Crippen LogP contribution < -0.4 is 15.0 Å². The maximum atomic E-state index is 12.9. The summed E-state index contributed by atoms with van der Waals surface area (Å²) in [6.45, 7) is 5.13. The number of hydrogen-bond acceptors (Lipinski definition) is 4. The van der Waals surface area contributed by atoms with Gasteiger partial charge in [0.15, 0.2) is 12.4 Å². The van der Waals surface area contributed by atoms with Crippen LogP contribution in [-0.4, -0.2) is 56.0 Å². The topological polar surface area (TPSA) is 61.9 Å². The van der Waals surface area contributed by atoms with Crippen molar-refractivity contribution >= 4 is 29.9 Å². The highest BCUT2D eigenvalue weighted by Crippen LogP contribution is 2.36. The maximum Gasteiger partial charge on any atom is 0.264 e. The van der Waals surface area contributed by atoms with Crippen LogP contribution in [0, 0.1) is 12.8 Å². The molecule has 4 aliphatic rings. The minimum atomic E-state index is -0.101. The van der Waals surface area contributed by atoms with E-state index in [1.54, 1.807) is 11.9 Å². The van der Waals surface area contributed by atoms with Crippen molar-refractivity contribution in [2.75, 3.05) is 38.2 Å². The van der Waals surface area contributed by atoms with Gasteiger partial charge < -0.3 is 19.9 Å². The van der Waals surface area contributed by atoms with E-state index in [1.165, 1.54) is 0 Å². The molecule has 0 radical (unpaired) electrons. The molecule has 4 aliphatic heterocycles. The van der Waals surface area contributed by atoms with Gasteiger partial charge in [0.25, 0.3) is 11.8 Å². The Hall–Kier alpha value is -1.79. The average molecular weight is 366 g/mol. The third-order valence-electron chi connectivity index (χ3n) is 5.51. The van der Waals surface area contributed by atoms with Gasteiger partial charge in [-0.1, -0.05) is 0 Å². The number of fused-ring (bicyclic) bond motifs is 4. The third-order valence-corrected chi connectivity index (χ3v) is 5.51. The SMILES string of the molecule is Cc1cc(C(=O)NC2CN3CCC2CC3)c2c(c1)N(C)C(=O)CO2.Cl. The summed E-state index contributed by atoms with van der Waals surface area (Å²) in [6, 6.07) is 3.94. The number of anilines is 1. The Kier molecular flexibility index (Phi) is 4.93. The minimum absolute atomic E-state index is 0. The predicted octanol–water partition coefficient (Wildman–Crippen LogP) is 1.60. The fourth-order valence-electron chi connectivity index (χ4n) is 4.06. The molecule has 1 aromatic rings. The van der Waals surface area contributed by atoms with Crippen LogP contribution >= 0.6 is 12.4 Å². The van der Waals surface area contributed by atoms with Gasteiger partial charge in [-0.2, -0.15) is 0 Å². The number of hydrogen-bond donors (Lipinski definition) is 1. The summed E-state index contributed by atoms with van der Waals surface area (Å²) in [5, 5.41) is 3.21. The van der Waals surface area contributed by atoms with E-state index in [4.69, 9.17) is 4.74 Å². The molecule has 0 aliphatic carbocycles. The van der Waals surface area contributed by atoms with Gasteiger partial charge in [-0.3, -0.25) is 9.59 Å². The van der Waals surface area contributed by atoms with E-state index in [2.05, 4.69) is 10.2 Å². The number of carbonyl (C=O) groups excluding carboxylic acids is 2. The molecule has 3 saturated heterocycles. The number of benzene rings is 1. The fourth-order valence-corrected chi connectivity index (χ4v) is 4.06. The highest BCUT2D eigenvalue weighted by Gasteiger charge is 2.36. The lowest BCUT2D eigenvalue weighted by Gasteiger charge is -2.45. The van der Waals surface area contributed by atoms with Gasteiger partial charge in [-0.15, -0.1) is 12.4 Å². The number of piperidine rings is 3. The number of likely N-dealkylation sites (N-methyl/N-ethyl adjacent to an activating group) is 1. The van der Waals surface area contributed by atoms with Crippen molar-refractivity contribution in [3.05, 3.63) is 23.3 Å². The average Bonchev–Trinajstić information content (AvgIpc) is 2.59. The number of carbonyl (C=O) groups is 2. The molecule has 25 heavy (non-hydrogen) atoms. The summed E-state index contributed by atoms with van der Waals surface area (Å²) >= 11 is 0. The van der Waals surface area contributed by atoms with Crippen molar-refractivity contribution in [2.24, 2.45) is 5.92 Å². The Morgan fingerprint density at radius 1 is 1.28 bits per heavy atom. The second-order valence-electron chi connectivity index (χ2n) is 7.12. The molecule has 0 spiro atoms. The molecule has 2 amide bonds. The van der Waals surface area contributed by atoms with Gasteiger partial charge >= 0.3 is 0 Å². The second kappa shape index (κ2) is 6.84. The van der Waals surface area contributed by atoms with Gasteiger partial charge in [-0.05, 0) is 56.5 Å². The van der Waals surface area contributed by atoms with E-state index >= 15 is 0 Å². The quantitative estimate of drug-likeness (QED) is 0.864. The molecule has 2 bridgehead atoms. The Bertz CT molecular complexity index is 701. The molecule has 1 N–H and O–H groups in total. The zero-order valence-electron chi connectivity index (χ0n) is 14.6. The van der Waals surface area contributed by atoms with Crippen molar-refractivity contribution in [1.29, 1.82) is 0 Å². The lowest BCUT2D eigenvalue weighted by atomic mass is 9.84. The number of rotatable bonds is 2. The molecule has 1 aromatic carbocycles. The van der Waals surface area contributed by atoms with Crippen LogP contribution in [0.15, 0.2) is 12.1 Å². The highest BCUT2D eigenvalue weighted by molar-refractivity contribution is 6.04. The van der Waals surface area contributed by atoms with Crippen molar-refractivity contribution in [3.8, 4) is 5.75 Å². The first-order valence-electron chi connectivity index (χ1n) is 8.60. The molecule has 5 rings (SSSR count). The molecular formula is C18H24ClN3O3. The summed E-state index contributed by atoms with van der Waals surface area (Å²) in [7, 11) is 1.72. The molecule has 0 saturated carbocycles. The van der Waals surface area contributed by atoms with Crippen LogP contribution in [-0.2, 0) is 4.79 Å². The summed E-state index contributed by atoms with van der Waals surface area (Å²) in [6.07, 6.45) is 2.31. The number of halogens is 1. The number of amides is 2. The van der Waals surface area contributed by atoms with Gasteiger partial charge in [0.2, 0.25) is 0 Å². The monoisotopic (exact) mass is 365 g/mol. The summed E-state index contributed by atoms with van der Waals surface area (Å²) < 4.78 is 5.60. The first kappa shape index (κ1) is 18.0. The molecule has 7 heteroatoms. The van der Waals surface area contributed by atoms with Crippen LogP contribution in [0.1, 0.15) is 28.8 Å². The van der Waals surface area contributed by atoms with Crippen LogP contribution in [0.4, 0.5) is 5.69 Å². The molecule has 0 aromatic heterocycles. The lowest BCUT2D eigenvalue weighted by Crippen LogP contribution is -2.57.